The average molecular weight is 434 g/mol. The van der Waals surface area contributed by atoms with Crippen LogP contribution in [0.5, 0.6) is 0 Å². The monoisotopic (exact) mass is 433 g/mol. The fourth-order valence-electron chi connectivity index (χ4n) is 3.93. The molecule has 0 spiro atoms. The number of carbonyl (C=O) groups excluding carboxylic acids is 2. The van der Waals surface area contributed by atoms with E-state index in [1.54, 1.807) is 28.8 Å². The number of nitrogens with zero attached hydrogens (tertiary/aromatic N) is 2. The molecular weight excluding hydrogens is 406 g/mol. The Morgan fingerprint density at radius 3 is 2.66 bits per heavy atom. The summed E-state index contributed by atoms with van der Waals surface area (Å²) in [6, 6.07) is 10.6. The van der Waals surface area contributed by atoms with Gasteiger partial charge in [0.05, 0.1) is 17.1 Å². The van der Waals surface area contributed by atoms with E-state index < -0.39 is 0 Å². The summed E-state index contributed by atoms with van der Waals surface area (Å²) >= 11 is 0. The van der Waals surface area contributed by atoms with Crippen LogP contribution in [0.2, 0.25) is 0 Å². The molecule has 1 aliphatic rings. The number of aryl methyl sites for hydroxylation is 2. The molecule has 1 fully saturated rings. The number of carbonyl (C=O) groups is 2. The van der Waals surface area contributed by atoms with Gasteiger partial charge >= 0.3 is 0 Å². The molecule has 0 aliphatic carbocycles. The Bertz CT molecular complexity index is 1210. The second-order valence-corrected chi connectivity index (χ2v) is 8.14. The lowest BCUT2D eigenvalue weighted by Crippen LogP contribution is -2.34. The van der Waals surface area contributed by atoms with E-state index in [-0.39, 0.29) is 35.3 Å². The van der Waals surface area contributed by atoms with Gasteiger partial charge in [0.1, 0.15) is 12.2 Å². The van der Waals surface area contributed by atoms with Crippen molar-refractivity contribution in [3.05, 3.63) is 75.2 Å². The Labute approximate surface area is 186 Å². The van der Waals surface area contributed by atoms with Gasteiger partial charge < -0.3 is 14.6 Å². The number of nitrogens with one attached hydrogen (secondary N) is 1. The van der Waals surface area contributed by atoms with Crippen LogP contribution in [0.25, 0.3) is 11.0 Å². The maximum Gasteiger partial charge on any atom is 0.240 e. The predicted molar refractivity (Wildman–Crippen MR) is 122 cm³/mol. The molecule has 166 valence electrons. The first-order valence-corrected chi connectivity index (χ1v) is 11.0. The molecule has 0 radical (unpaired) electrons. The van der Waals surface area contributed by atoms with E-state index in [4.69, 9.17) is 4.74 Å². The minimum absolute atomic E-state index is 0.0272. The maximum atomic E-state index is 13.2. The lowest BCUT2D eigenvalue weighted by Gasteiger charge is -2.15. The number of hydrogen-bond donors (Lipinski definition) is 1. The van der Waals surface area contributed by atoms with E-state index in [2.05, 4.69) is 10.3 Å². The van der Waals surface area contributed by atoms with E-state index in [1.807, 2.05) is 26.0 Å². The number of aromatic nitrogens is 2. The van der Waals surface area contributed by atoms with Crippen LogP contribution in [0.1, 0.15) is 46.9 Å². The van der Waals surface area contributed by atoms with Crippen molar-refractivity contribution in [2.24, 2.45) is 0 Å². The number of pyridine rings is 2. The summed E-state index contributed by atoms with van der Waals surface area (Å²) in [5.74, 6) is -0.590. The van der Waals surface area contributed by atoms with E-state index in [1.165, 1.54) is 6.20 Å². The van der Waals surface area contributed by atoms with Gasteiger partial charge in [0.15, 0.2) is 5.78 Å². The van der Waals surface area contributed by atoms with Crippen molar-refractivity contribution in [2.45, 2.75) is 45.8 Å². The Morgan fingerprint density at radius 1 is 1.19 bits per heavy atom. The molecule has 1 atom stereocenters. The normalized spacial score (nSPS) is 15.8. The molecular formula is C25H27N3O4. The number of ether oxygens (including phenoxy) is 1. The third kappa shape index (κ3) is 4.62. The molecule has 3 aromatic rings. The third-order valence-electron chi connectivity index (χ3n) is 5.79. The summed E-state index contributed by atoms with van der Waals surface area (Å²) in [6.45, 7) is 4.98. The molecule has 1 aliphatic heterocycles. The van der Waals surface area contributed by atoms with Gasteiger partial charge in [0, 0.05) is 30.6 Å². The fraction of sp³-hybridized carbons (Fsp3) is 0.360. The van der Waals surface area contributed by atoms with Gasteiger partial charge in [-0.25, -0.2) is 4.98 Å². The quantitative estimate of drug-likeness (QED) is 0.579. The van der Waals surface area contributed by atoms with Gasteiger partial charge in [0.2, 0.25) is 11.3 Å². The third-order valence-corrected chi connectivity index (χ3v) is 5.79. The van der Waals surface area contributed by atoms with Crippen LogP contribution in [-0.4, -0.2) is 40.5 Å². The Morgan fingerprint density at radius 2 is 1.97 bits per heavy atom. The molecule has 1 saturated heterocycles. The first-order valence-electron chi connectivity index (χ1n) is 11.0. The lowest BCUT2D eigenvalue weighted by molar-refractivity contribution is -0.122. The topological polar surface area (TPSA) is 90.3 Å². The Hall–Kier alpha value is -3.32. The molecule has 0 saturated carbocycles. The Kier molecular flexibility index (Phi) is 6.46. The molecule has 0 bridgehead atoms. The first-order chi connectivity index (χ1) is 15.5. The van der Waals surface area contributed by atoms with Crippen LogP contribution in [0, 0.1) is 6.92 Å². The zero-order valence-corrected chi connectivity index (χ0v) is 18.4. The second kappa shape index (κ2) is 9.44. The van der Waals surface area contributed by atoms with Crippen molar-refractivity contribution in [1.29, 1.82) is 0 Å². The van der Waals surface area contributed by atoms with Crippen LogP contribution in [0.4, 0.5) is 0 Å². The highest BCUT2D eigenvalue weighted by molar-refractivity contribution is 6.10. The summed E-state index contributed by atoms with van der Waals surface area (Å²) in [4.78, 5) is 43.4. The molecule has 2 aromatic heterocycles. The summed E-state index contributed by atoms with van der Waals surface area (Å²) < 4.78 is 7.14. The van der Waals surface area contributed by atoms with Gasteiger partial charge in [-0.2, -0.15) is 0 Å². The van der Waals surface area contributed by atoms with Crippen LogP contribution >= 0.6 is 0 Å². The molecule has 1 N–H and O–H groups in total. The van der Waals surface area contributed by atoms with Crippen LogP contribution in [0.15, 0.2) is 47.4 Å². The van der Waals surface area contributed by atoms with E-state index in [0.29, 0.717) is 23.1 Å². The highest BCUT2D eigenvalue weighted by Crippen LogP contribution is 2.15. The molecule has 3 heterocycles. The Balaban J connectivity index is 1.68. The molecule has 4 rings (SSSR count). The van der Waals surface area contributed by atoms with Gasteiger partial charge in [-0.05, 0) is 43.9 Å². The molecule has 32 heavy (non-hydrogen) atoms. The number of ketones is 1. The van der Waals surface area contributed by atoms with Gasteiger partial charge in [-0.1, -0.05) is 31.2 Å². The summed E-state index contributed by atoms with van der Waals surface area (Å²) in [7, 11) is 0. The van der Waals surface area contributed by atoms with Gasteiger partial charge in [-0.3, -0.25) is 14.4 Å². The number of benzene rings is 1. The fourth-order valence-corrected chi connectivity index (χ4v) is 3.93. The zero-order valence-electron chi connectivity index (χ0n) is 18.4. The predicted octanol–water partition coefficient (Wildman–Crippen LogP) is 2.79. The van der Waals surface area contributed by atoms with Gasteiger partial charge in [-0.15, -0.1) is 0 Å². The first kappa shape index (κ1) is 21.9. The van der Waals surface area contributed by atoms with Crippen molar-refractivity contribution < 1.29 is 14.3 Å². The highest BCUT2D eigenvalue weighted by atomic mass is 16.5. The van der Waals surface area contributed by atoms with Crippen LogP contribution in [-0.2, 0) is 22.5 Å². The summed E-state index contributed by atoms with van der Waals surface area (Å²) in [5, 5.41) is 3.20. The molecule has 0 unspecified atom stereocenters. The van der Waals surface area contributed by atoms with E-state index in [0.717, 1.165) is 37.1 Å². The second-order valence-electron chi connectivity index (χ2n) is 8.14. The van der Waals surface area contributed by atoms with Crippen molar-refractivity contribution >= 4 is 22.7 Å². The van der Waals surface area contributed by atoms with Crippen LogP contribution < -0.4 is 10.7 Å². The van der Waals surface area contributed by atoms with E-state index in [9.17, 15) is 14.4 Å². The number of rotatable bonds is 7. The number of fused-ring (bicyclic) bond motifs is 1. The average Bonchev–Trinajstić information content (AvgIpc) is 3.33. The zero-order chi connectivity index (χ0) is 22.7. The van der Waals surface area contributed by atoms with Crippen LogP contribution in [0.3, 0.4) is 0 Å². The lowest BCUT2D eigenvalue weighted by atomic mass is 10.0. The molecule has 1 aromatic carbocycles. The summed E-state index contributed by atoms with van der Waals surface area (Å²) in [6.07, 6.45) is 4.28. The summed E-state index contributed by atoms with van der Waals surface area (Å²) in [5.41, 5.74) is 2.31. The molecule has 1 amide bonds. The van der Waals surface area contributed by atoms with Crippen molar-refractivity contribution in [1.82, 2.24) is 14.9 Å². The molecule has 7 heteroatoms. The standard InChI is InChI=1S/C25H27N3O4/c1-3-17-7-9-18(10-8-17)23(30)21-14-28(15-22(29)26-13-19-5-4-12-32-19)25-20(24(21)31)11-6-16(2)27-25/h6-11,14,19H,3-5,12-13,15H2,1-2H3,(H,26,29)/t19-/m0/s1. The SMILES string of the molecule is CCc1ccc(C(=O)c2cn(CC(=O)NC[C@@H]3CCCO3)c3nc(C)ccc3c2=O)cc1. The largest absolute Gasteiger partial charge is 0.376 e. The van der Waals surface area contributed by atoms with Crippen molar-refractivity contribution in [3.8, 4) is 0 Å². The molecule has 7 nitrogen and oxygen atoms in total. The number of amides is 1. The maximum absolute atomic E-state index is 13.2. The highest BCUT2D eigenvalue weighted by Gasteiger charge is 2.20. The minimum atomic E-state index is -0.381. The number of hydrogen-bond acceptors (Lipinski definition) is 5. The van der Waals surface area contributed by atoms with Gasteiger partial charge in [0.25, 0.3) is 0 Å². The van der Waals surface area contributed by atoms with Crippen molar-refractivity contribution in [2.75, 3.05) is 13.2 Å². The smallest absolute Gasteiger partial charge is 0.240 e. The van der Waals surface area contributed by atoms with E-state index >= 15 is 0 Å². The van der Waals surface area contributed by atoms with Crippen molar-refractivity contribution in [3.63, 3.8) is 0 Å². The minimum Gasteiger partial charge on any atom is -0.376 e.